The van der Waals surface area contributed by atoms with Crippen molar-refractivity contribution >= 4 is 16.9 Å². The molecule has 36 heavy (non-hydrogen) atoms. The van der Waals surface area contributed by atoms with Crippen LogP contribution in [-0.4, -0.2) is 36.8 Å². The van der Waals surface area contributed by atoms with Crippen LogP contribution in [0.3, 0.4) is 0 Å². The molecule has 4 aromatic rings. The maximum absolute atomic E-state index is 13.1. The van der Waals surface area contributed by atoms with Gasteiger partial charge in [-0.2, -0.15) is 0 Å². The summed E-state index contributed by atoms with van der Waals surface area (Å²) >= 11 is 0. The normalized spacial score (nSPS) is 11.4. The molecule has 0 saturated carbocycles. The number of imidazole rings is 1. The Morgan fingerprint density at radius 2 is 1.56 bits per heavy atom. The average molecular weight is 488 g/mol. The predicted octanol–water partition coefficient (Wildman–Crippen LogP) is 5.34. The van der Waals surface area contributed by atoms with Gasteiger partial charge in [0.15, 0.2) is 11.5 Å². The minimum Gasteiger partial charge on any atom is -0.493 e. The van der Waals surface area contributed by atoms with Crippen LogP contribution in [0.4, 0.5) is 0 Å². The van der Waals surface area contributed by atoms with Gasteiger partial charge in [-0.05, 0) is 40.8 Å². The number of carbonyl (C=O) groups is 1. The molecule has 3 aromatic carbocycles. The van der Waals surface area contributed by atoms with E-state index < -0.39 is 0 Å². The summed E-state index contributed by atoms with van der Waals surface area (Å²) in [5.41, 5.74) is 4.88. The van der Waals surface area contributed by atoms with Gasteiger partial charge in [-0.1, -0.05) is 57.2 Å². The van der Waals surface area contributed by atoms with Gasteiger partial charge < -0.3 is 24.1 Å². The van der Waals surface area contributed by atoms with E-state index in [2.05, 4.69) is 61.0 Å². The average Bonchev–Trinajstić information content (AvgIpc) is 3.23. The van der Waals surface area contributed by atoms with Crippen molar-refractivity contribution in [3.05, 3.63) is 83.2 Å². The minimum atomic E-state index is -0.262. The van der Waals surface area contributed by atoms with Crippen LogP contribution in [0.2, 0.25) is 0 Å². The molecule has 4 rings (SSSR count). The van der Waals surface area contributed by atoms with Crippen molar-refractivity contribution in [2.24, 2.45) is 0 Å². The van der Waals surface area contributed by atoms with Crippen molar-refractivity contribution in [1.29, 1.82) is 0 Å². The van der Waals surface area contributed by atoms with Crippen LogP contribution in [0.15, 0.2) is 60.7 Å². The van der Waals surface area contributed by atoms with Crippen LogP contribution < -0.4 is 19.5 Å². The van der Waals surface area contributed by atoms with Gasteiger partial charge in [0.2, 0.25) is 5.75 Å². The largest absolute Gasteiger partial charge is 0.493 e. The Morgan fingerprint density at radius 3 is 2.14 bits per heavy atom. The van der Waals surface area contributed by atoms with Gasteiger partial charge in [0.25, 0.3) is 5.91 Å². The number of carbonyl (C=O) groups excluding carboxylic acids is 1. The van der Waals surface area contributed by atoms with E-state index in [9.17, 15) is 4.79 Å². The number of aromatic nitrogens is 2. The second-order valence-corrected chi connectivity index (χ2v) is 9.65. The fourth-order valence-electron chi connectivity index (χ4n) is 4.20. The lowest BCUT2D eigenvalue weighted by molar-refractivity contribution is 0.0948. The van der Waals surface area contributed by atoms with E-state index in [0.717, 1.165) is 16.9 Å². The summed E-state index contributed by atoms with van der Waals surface area (Å²) in [5.74, 6) is 1.80. The standard InChI is InChI=1S/C29H33N3O4/c1-29(2,3)21-13-11-19(12-14-21)18-32-23-10-8-7-9-22(23)31-26(32)17-30-28(33)20-15-24(34-4)27(36-6)25(16-20)35-5/h7-16H,17-18H2,1-6H3,(H,30,33). The Labute approximate surface area is 212 Å². The van der Waals surface area contributed by atoms with Crippen molar-refractivity contribution in [3.8, 4) is 17.2 Å². The molecule has 0 bridgehead atoms. The number of hydrogen-bond acceptors (Lipinski definition) is 5. The number of fused-ring (bicyclic) bond motifs is 1. The first-order valence-corrected chi connectivity index (χ1v) is 11.9. The van der Waals surface area contributed by atoms with Crippen LogP contribution in [-0.2, 0) is 18.5 Å². The first kappa shape index (κ1) is 25.1. The molecule has 188 valence electrons. The Hall–Kier alpha value is -4.00. The van der Waals surface area contributed by atoms with E-state index in [1.165, 1.54) is 32.5 Å². The lowest BCUT2D eigenvalue weighted by atomic mass is 9.87. The summed E-state index contributed by atoms with van der Waals surface area (Å²) in [7, 11) is 4.58. The number of rotatable bonds is 8. The zero-order valence-corrected chi connectivity index (χ0v) is 21.7. The second kappa shape index (κ2) is 10.3. The summed E-state index contributed by atoms with van der Waals surface area (Å²) in [5, 5.41) is 3.00. The molecule has 7 nitrogen and oxygen atoms in total. The number of ether oxygens (including phenoxy) is 3. The van der Waals surface area contributed by atoms with Gasteiger partial charge in [-0.15, -0.1) is 0 Å². The van der Waals surface area contributed by atoms with E-state index >= 15 is 0 Å². The molecular formula is C29H33N3O4. The van der Waals surface area contributed by atoms with Crippen molar-refractivity contribution in [2.75, 3.05) is 21.3 Å². The van der Waals surface area contributed by atoms with Crippen molar-refractivity contribution < 1.29 is 19.0 Å². The monoisotopic (exact) mass is 487 g/mol. The van der Waals surface area contributed by atoms with Crippen molar-refractivity contribution in [2.45, 2.75) is 39.3 Å². The molecular weight excluding hydrogens is 454 g/mol. The topological polar surface area (TPSA) is 74.6 Å². The van der Waals surface area contributed by atoms with E-state index in [4.69, 9.17) is 19.2 Å². The minimum absolute atomic E-state index is 0.0997. The lowest BCUT2D eigenvalue weighted by Gasteiger charge is -2.19. The van der Waals surface area contributed by atoms with E-state index in [1.54, 1.807) is 12.1 Å². The van der Waals surface area contributed by atoms with Gasteiger partial charge in [-0.3, -0.25) is 4.79 Å². The van der Waals surface area contributed by atoms with Gasteiger partial charge >= 0.3 is 0 Å². The molecule has 1 aromatic heterocycles. The Bertz CT molecular complexity index is 1340. The van der Waals surface area contributed by atoms with Crippen LogP contribution in [0, 0.1) is 0 Å². The smallest absolute Gasteiger partial charge is 0.251 e. The summed E-state index contributed by atoms with van der Waals surface area (Å²) in [6, 6.07) is 20.0. The summed E-state index contributed by atoms with van der Waals surface area (Å²) in [4.78, 5) is 17.9. The van der Waals surface area contributed by atoms with Crippen molar-refractivity contribution in [1.82, 2.24) is 14.9 Å². The van der Waals surface area contributed by atoms with E-state index in [0.29, 0.717) is 29.4 Å². The molecule has 0 fully saturated rings. The Balaban J connectivity index is 1.60. The second-order valence-electron chi connectivity index (χ2n) is 9.65. The molecule has 0 aliphatic rings. The molecule has 0 spiro atoms. The maximum Gasteiger partial charge on any atom is 0.251 e. The Morgan fingerprint density at radius 1 is 0.917 bits per heavy atom. The zero-order valence-electron chi connectivity index (χ0n) is 21.7. The van der Waals surface area contributed by atoms with Gasteiger partial charge in [0, 0.05) is 12.1 Å². The predicted molar refractivity (Wildman–Crippen MR) is 141 cm³/mol. The SMILES string of the molecule is COc1cc(C(=O)NCc2nc3ccccc3n2Cc2ccc(C(C)(C)C)cc2)cc(OC)c1OC. The zero-order chi connectivity index (χ0) is 25.9. The molecule has 0 unspecified atom stereocenters. The number of nitrogens with zero attached hydrogens (tertiary/aromatic N) is 2. The van der Waals surface area contributed by atoms with Gasteiger partial charge in [0.1, 0.15) is 5.82 Å². The summed E-state index contributed by atoms with van der Waals surface area (Å²) < 4.78 is 18.3. The van der Waals surface area contributed by atoms with Crippen LogP contribution in [0.1, 0.15) is 48.1 Å². The van der Waals surface area contributed by atoms with Gasteiger partial charge in [-0.25, -0.2) is 4.98 Å². The molecule has 7 heteroatoms. The molecule has 1 N–H and O–H groups in total. The highest BCUT2D eigenvalue weighted by Crippen LogP contribution is 2.38. The van der Waals surface area contributed by atoms with Crippen molar-refractivity contribution in [3.63, 3.8) is 0 Å². The maximum atomic E-state index is 13.1. The molecule has 0 radical (unpaired) electrons. The third kappa shape index (κ3) is 5.15. The molecule has 0 aliphatic carbocycles. The van der Waals surface area contributed by atoms with Crippen LogP contribution >= 0.6 is 0 Å². The number of para-hydroxylation sites is 2. The van der Waals surface area contributed by atoms with Crippen LogP contribution in [0.5, 0.6) is 17.2 Å². The molecule has 1 heterocycles. The number of methoxy groups -OCH3 is 3. The number of benzene rings is 3. The Kier molecular flexibility index (Phi) is 7.20. The highest BCUT2D eigenvalue weighted by atomic mass is 16.5. The van der Waals surface area contributed by atoms with E-state index in [-0.39, 0.29) is 17.9 Å². The highest BCUT2D eigenvalue weighted by Gasteiger charge is 2.19. The third-order valence-corrected chi connectivity index (χ3v) is 6.23. The molecule has 1 amide bonds. The van der Waals surface area contributed by atoms with Gasteiger partial charge in [0.05, 0.1) is 38.9 Å². The number of amides is 1. The highest BCUT2D eigenvalue weighted by molar-refractivity contribution is 5.95. The third-order valence-electron chi connectivity index (χ3n) is 6.23. The van der Waals surface area contributed by atoms with Crippen LogP contribution in [0.25, 0.3) is 11.0 Å². The first-order chi connectivity index (χ1) is 17.2. The molecule has 0 atom stereocenters. The quantitative estimate of drug-likeness (QED) is 0.363. The number of nitrogens with one attached hydrogen (secondary N) is 1. The summed E-state index contributed by atoms with van der Waals surface area (Å²) in [6.07, 6.45) is 0. The lowest BCUT2D eigenvalue weighted by Crippen LogP contribution is -2.25. The van der Waals surface area contributed by atoms with E-state index in [1.807, 2.05) is 18.2 Å². The molecule has 0 aliphatic heterocycles. The number of hydrogen-bond donors (Lipinski definition) is 1. The fraction of sp³-hybridized carbons (Fsp3) is 0.310. The molecule has 0 saturated heterocycles. The fourth-order valence-corrected chi connectivity index (χ4v) is 4.20. The first-order valence-electron chi connectivity index (χ1n) is 11.9. The summed E-state index contributed by atoms with van der Waals surface area (Å²) in [6.45, 7) is 7.55.